The van der Waals surface area contributed by atoms with Crippen molar-refractivity contribution in [3.63, 3.8) is 0 Å². The molecule has 0 spiro atoms. The summed E-state index contributed by atoms with van der Waals surface area (Å²) in [6.07, 6.45) is 3.77. The van der Waals surface area contributed by atoms with Crippen LogP contribution in [0, 0.1) is 12.7 Å². The van der Waals surface area contributed by atoms with Crippen LogP contribution in [-0.2, 0) is 0 Å². The van der Waals surface area contributed by atoms with Gasteiger partial charge in [0.15, 0.2) is 11.5 Å². The van der Waals surface area contributed by atoms with Crippen LogP contribution < -0.4 is 9.47 Å². The van der Waals surface area contributed by atoms with E-state index in [1.807, 2.05) is 37.3 Å². The van der Waals surface area contributed by atoms with E-state index < -0.39 is 0 Å². The smallest absolute Gasteiger partial charge is 0.360 e. The van der Waals surface area contributed by atoms with Crippen molar-refractivity contribution in [3.05, 3.63) is 65.4 Å². The van der Waals surface area contributed by atoms with Crippen molar-refractivity contribution in [1.29, 1.82) is 0 Å². The Kier molecular flexibility index (Phi) is 3.23. The summed E-state index contributed by atoms with van der Waals surface area (Å²) < 4.78 is 29.7. The maximum atomic E-state index is 13.0. The molecule has 0 saturated heterocycles. The van der Waals surface area contributed by atoms with E-state index in [4.69, 9.17) is 13.9 Å². The lowest BCUT2D eigenvalue weighted by Crippen LogP contribution is -1.92. The van der Waals surface area contributed by atoms with Gasteiger partial charge in [-0.2, -0.15) is 0 Å². The molecule has 2 aromatic carbocycles. The first-order valence-corrected chi connectivity index (χ1v) is 7.30. The standard InChI is InChI=1S/C19H14FO3/c1-12-8-14-9-18-19(22-11-21-18)10-16(14)17(23-12)7-4-13-2-5-15(20)6-3-13/h2-10H,11H2,1H3/q+1/b7-4+. The van der Waals surface area contributed by atoms with Crippen molar-refractivity contribution in [2.75, 3.05) is 6.79 Å². The fourth-order valence-electron chi connectivity index (χ4n) is 2.64. The number of hydrogen-bond donors (Lipinski definition) is 0. The van der Waals surface area contributed by atoms with E-state index in [0.29, 0.717) is 5.75 Å². The highest BCUT2D eigenvalue weighted by Gasteiger charge is 2.20. The molecule has 0 saturated carbocycles. The van der Waals surface area contributed by atoms with E-state index in [0.717, 1.165) is 33.6 Å². The molecule has 1 aliphatic heterocycles. The molecule has 0 N–H and O–H groups in total. The number of halogens is 1. The van der Waals surface area contributed by atoms with Gasteiger partial charge in [-0.3, -0.25) is 0 Å². The molecular weight excluding hydrogens is 295 g/mol. The minimum Gasteiger partial charge on any atom is -0.454 e. The van der Waals surface area contributed by atoms with Gasteiger partial charge in [-0.25, -0.2) is 8.81 Å². The average molecular weight is 309 g/mol. The summed E-state index contributed by atoms with van der Waals surface area (Å²) in [5.74, 6) is 2.74. The van der Waals surface area contributed by atoms with Crippen molar-refractivity contribution in [3.8, 4) is 11.5 Å². The maximum absolute atomic E-state index is 13.0. The van der Waals surface area contributed by atoms with Crippen LogP contribution in [0.2, 0.25) is 0 Å². The van der Waals surface area contributed by atoms with Crippen LogP contribution in [-0.4, -0.2) is 6.79 Å². The Bertz CT molecular complexity index is 914. The maximum Gasteiger partial charge on any atom is 0.360 e. The van der Waals surface area contributed by atoms with Gasteiger partial charge >= 0.3 is 11.5 Å². The zero-order chi connectivity index (χ0) is 15.8. The Morgan fingerprint density at radius 2 is 1.74 bits per heavy atom. The summed E-state index contributed by atoms with van der Waals surface area (Å²) in [6.45, 7) is 2.14. The summed E-state index contributed by atoms with van der Waals surface area (Å²) in [5.41, 5.74) is 0.900. The van der Waals surface area contributed by atoms with E-state index in [-0.39, 0.29) is 12.6 Å². The second-order valence-corrected chi connectivity index (χ2v) is 5.40. The number of rotatable bonds is 2. The molecule has 0 fully saturated rings. The number of benzene rings is 2. The monoisotopic (exact) mass is 309 g/mol. The quantitative estimate of drug-likeness (QED) is 0.620. The Morgan fingerprint density at radius 3 is 2.52 bits per heavy atom. The zero-order valence-corrected chi connectivity index (χ0v) is 12.5. The minimum absolute atomic E-state index is 0.239. The molecule has 1 aromatic heterocycles. The SMILES string of the molecule is Cc1cc2cc3c(cc2c(/C=C/c2ccc(F)cc2)[o+]1)OCO3. The predicted octanol–water partition coefficient (Wildman–Crippen LogP) is 5.06. The number of fused-ring (bicyclic) bond motifs is 2. The van der Waals surface area contributed by atoms with Gasteiger partial charge in [-0.05, 0) is 29.8 Å². The van der Waals surface area contributed by atoms with Gasteiger partial charge in [0.25, 0.3) is 0 Å². The van der Waals surface area contributed by atoms with E-state index in [1.165, 1.54) is 12.1 Å². The summed E-state index contributed by atoms with van der Waals surface area (Å²) in [4.78, 5) is 0. The van der Waals surface area contributed by atoms with Crippen LogP contribution >= 0.6 is 0 Å². The van der Waals surface area contributed by atoms with E-state index in [2.05, 4.69) is 0 Å². The highest BCUT2D eigenvalue weighted by Crippen LogP contribution is 2.38. The second-order valence-electron chi connectivity index (χ2n) is 5.40. The molecule has 0 radical (unpaired) electrons. The van der Waals surface area contributed by atoms with E-state index in [1.54, 1.807) is 12.1 Å². The van der Waals surface area contributed by atoms with Gasteiger partial charge in [-0.15, -0.1) is 0 Å². The molecule has 3 aromatic rings. The third-order valence-corrected chi connectivity index (χ3v) is 3.74. The predicted molar refractivity (Wildman–Crippen MR) is 86.8 cm³/mol. The lowest BCUT2D eigenvalue weighted by atomic mass is 10.1. The zero-order valence-electron chi connectivity index (χ0n) is 12.5. The summed E-state index contributed by atoms with van der Waals surface area (Å²) >= 11 is 0. The third kappa shape index (κ3) is 2.63. The van der Waals surface area contributed by atoms with Crippen LogP contribution in [0.3, 0.4) is 0 Å². The Hall–Kier alpha value is -2.88. The van der Waals surface area contributed by atoms with Gasteiger partial charge in [0.2, 0.25) is 6.79 Å². The molecule has 4 rings (SSSR count). The van der Waals surface area contributed by atoms with Gasteiger partial charge in [-0.1, -0.05) is 12.1 Å². The van der Waals surface area contributed by atoms with Crippen molar-refractivity contribution in [2.24, 2.45) is 0 Å². The summed E-state index contributed by atoms with van der Waals surface area (Å²) in [7, 11) is 0. The summed E-state index contributed by atoms with van der Waals surface area (Å²) in [6, 6.07) is 12.1. The first-order chi connectivity index (χ1) is 11.2. The normalized spacial score (nSPS) is 13.1. The minimum atomic E-state index is -0.249. The molecule has 0 bridgehead atoms. The van der Waals surface area contributed by atoms with Crippen molar-refractivity contribution < 1.29 is 18.3 Å². The first-order valence-electron chi connectivity index (χ1n) is 7.30. The number of aryl methyl sites for hydroxylation is 1. The van der Waals surface area contributed by atoms with E-state index in [9.17, 15) is 4.39 Å². The molecule has 0 amide bonds. The van der Waals surface area contributed by atoms with Crippen LogP contribution in [0.5, 0.6) is 11.5 Å². The average Bonchev–Trinajstić information content (AvgIpc) is 2.99. The molecule has 3 nitrogen and oxygen atoms in total. The van der Waals surface area contributed by atoms with Gasteiger partial charge in [0, 0.05) is 23.6 Å². The molecule has 0 aliphatic carbocycles. The summed E-state index contributed by atoms with van der Waals surface area (Å²) in [5, 5.41) is 1.97. The molecule has 0 unspecified atom stereocenters. The van der Waals surface area contributed by atoms with Gasteiger partial charge in [0.05, 0.1) is 12.3 Å². The molecule has 114 valence electrons. The number of ether oxygens (including phenoxy) is 2. The fourth-order valence-corrected chi connectivity index (χ4v) is 2.64. The van der Waals surface area contributed by atoms with Gasteiger partial charge in [0.1, 0.15) is 5.82 Å². The highest BCUT2D eigenvalue weighted by atomic mass is 19.1. The molecule has 2 heterocycles. The van der Waals surface area contributed by atoms with Crippen molar-refractivity contribution in [2.45, 2.75) is 6.92 Å². The molecule has 4 heteroatoms. The largest absolute Gasteiger partial charge is 0.454 e. The fraction of sp³-hybridized carbons (Fsp3) is 0.105. The Labute approximate surface area is 132 Å². The second kappa shape index (κ2) is 5.39. The third-order valence-electron chi connectivity index (χ3n) is 3.74. The lowest BCUT2D eigenvalue weighted by molar-refractivity contribution is 0.174. The van der Waals surface area contributed by atoms with Crippen LogP contribution in [0.15, 0.2) is 46.9 Å². The van der Waals surface area contributed by atoms with Crippen LogP contribution in [0.1, 0.15) is 17.1 Å². The highest BCUT2D eigenvalue weighted by molar-refractivity contribution is 5.93. The molecule has 1 aliphatic rings. The molecule has 0 atom stereocenters. The van der Waals surface area contributed by atoms with Crippen LogP contribution in [0.4, 0.5) is 4.39 Å². The first kappa shape index (κ1) is 13.8. The van der Waals surface area contributed by atoms with Crippen molar-refractivity contribution in [1.82, 2.24) is 0 Å². The molecule has 23 heavy (non-hydrogen) atoms. The van der Waals surface area contributed by atoms with Crippen molar-refractivity contribution >= 4 is 22.9 Å². The Morgan fingerprint density at radius 1 is 1.00 bits per heavy atom. The van der Waals surface area contributed by atoms with Gasteiger partial charge < -0.3 is 9.47 Å². The Balaban J connectivity index is 1.81. The number of hydrogen-bond acceptors (Lipinski definition) is 2. The van der Waals surface area contributed by atoms with E-state index >= 15 is 0 Å². The van der Waals surface area contributed by atoms with Crippen LogP contribution in [0.25, 0.3) is 22.9 Å². The topological polar surface area (TPSA) is 29.8 Å². The lowest BCUT2D eigenvalue weighted by Gasteiger charge is -1.99. The molecular formula is C19H14FO3+.